The largest absolute Gasteiger partial charge is 0.413 e. The van der Waals surface area contributed by atoms with Crippen LogP contribution in [0.3, 0.4) is 0 Å². The maximum absolute atomic E-state index is 13.6. The smallest absolute Gasteiger partial charge is 0.391 e. The minimum absolute atomic E-state index is 0.0257. The highest BCUT2D eigenvalue weighted by molar-refractivity contribution is 5.74. The second-order valence-corrected chi connectivity index (χ2v) is 5.37. The van der Waals surface area contributed by atoms with E-state index in [-0.39, 0.29) is 12.5 Å². The zero-order valence-corrected chi connectivity index (χ0v) is 11.8. The molecule has 1 aliphatic rings. The van der Waals surface area contributed by atoms with Crippen LogP contribution in [-0.2, 0) is 0 Å². The molecule has 0 unspecified atom stereocenters. The number of nitrogens with one attached hydrogen (secondary N) is 2. The second kappa shape index (κ2) is 6.69. The zero-order valence-electron chi connectivity index (χ0n) is 11.8. The Kier molecular flexibility index (Phi) is 5.08. The van der Waals surface area contributed by atoms with Crippen LogP contribution in [0.15, 0.2) is 18.2 Å². The molecular formula is C14H15F5N2O2. The average molecular weight is 338 g/mol. The maximum Gasteiger partial charge on any atom is 0.413 e. The fraction of sp³-hybridized carbons (Fsp3) is 0.500. The van der Waals surface area contributed by atoms with Crippen molar-refractivity contribution in [1.29, 1.82) is 0 Å². The summed E-state index contributed by atoms with van der Waals surface area (Å²) in [4.78, 5) is 11.6. The first kappa shape index (κ1) is 17.5. The van der Waals surface area contributed by atoms with Crippen molar-refractivity contribution < 1.29 is 31.9 Å². The second-order valence-electron chi connectivity index (χ2n) is 5.37. The van der Waals surface area contributed by atoms with Gasteiger partial charge in [0, 0.05) is 6.54 Å². The highest BCUT2D eigenvalue weighted by Crippen LogP contribution is 2.35. The molecule has 1 aromatic rings. The van der Waals surface area contributed by atoms with Crippen LogP contribution in [0.5, 0.6) is 0 Å². The fourth-order valence-electron chi connectivity index (χ4n) is 2.13. The summed E-state index contributed by atoms with van der Waals surface area (Å²) in [6.45, 7) is -0.235. The molecule has 1 fully saturated rings. The topological polar surface area (TPSA) is 61.4 Å². The molecule has 0 aromatic heterocycles. The standard InChI is InChI=1S/C14H15F5N2O2/c15-8-2-1-3-9(16)11(8)12(14(17,18)19)21-13(23)20-6-10(22)7-4-5-7/h1-3,7,10,12,22H,4-6H2,(H2,20,21,23)/t10-,12-/m0/s1. The Morgan fingerprint density at radius 2 is 1.83 bits per heavy atom. The Morgan fingerprint density at radius 1 is 1.26 bits per heavy atom. The molecule has 0 bridgehead atoms. The lowest BCUT2D eigenvalue weighted by Gasteiger charge is -2.23. The molecule has 0 aliphatic heterocycles. The normalized spacial score (nSPS) is 17.5. The first-order valence-electron chi connectivity index (χ1n) is 6.93. The van der Waals surface area contributed by atoms with Crippen LogP contribution >= 0.6 is 0 Å². The Balaban J connectivity index is 2.08. The molecule has 3 N–H and O–H groups in total. The van der Waals surface area contributed by atoms with Gasteiger partial charge in [0.25, 0.3) is 0 Å². The number of rotatable bonds is 5. The summed E-state index contributed by atoms with van der Waals surface area (Å²) >= 11 is 0. The highest BCUT2D eigenvalue weighted by atomic mass is 19.4. The van der Waals surface area contributed by atoms with Crippen LogP contribution in [-0.4, -0.2) is 30.0 Å². The SMILES string of the molecule is O=C(NC[C@H](O)C1CC1)N[C@@H](c1c(F)cccc1F)C(F)(F)F. The number of hydrogen-bond donors (Lipinski definition) is 3. The summed E-state index contributed by atoms with van der Waals surface area (Å²) in [5, 5.41) is 13.1. The Hall–Kier alpha value is -1.90. The third-order valence-corrected chi connectivity index (χ3v) is 3.53. The van der Waals surface area contributed by atoms with E-state index in [9.17, 15) is 31.9 Å². The molecule has 128 valence electrons. The summed E-state index contributed by atoms with van der Waals surface area (Å²) < 4.78 is 66.2. The van der Waals surface area contributed by atoms with Gasteiger partial charge < -0.3 is 15.7 Å². The van der Waals surface area contributed by atoms with Crippen LogP contribution in [0.4, 0.5) is 26.7 Å². The van der Waals surface area contributed by atoms with Crippen molar-refractivity contribution >= 4 is 6.03 Å². The van der Waals surface area contributed by atoms with E-state index >= 15 is 0 Å². The minimum Gasteiger partial charge on any atom is -0.391 e. The van der Waals surface area contributed by atoms with Crippen LogP contribution < -0.4 is 10.6 Å². The zero-order chi connectivity index (χ0) is 17.2. The van der Waals surface area contributed by atoms with Crippen molar-refractivity contribution in [1.82, 2.24) is 10.6 Å². The van der Waals surface area contributed by atoms with E-state index in [1.807, 2.05) is 0 Å². The third kappa shape index (κ3) is 4.54. The van der Waals surface area contributed by atoms with E-state index in [2.05, 4.69) is 5.32 Å². The van der Waals surface area contributed by atoms with Crippen LogP contribution in [0.25, 0.3) is 0 Å². The van der Waals surface area contributed by atoms with E-state index in [0.717, 1.165) is 18.9 Å². The Morgan fingerprint density at radius 3 is 2.30 bits per heavy atom. The number of hydrogen-bond acceptors (Lipinski definition) is 2. The third-order valence-electron chi connectivity index (χ3n) is 3.53. The van der Waals surface area contributed by atoms with Crippen LogP contribution in [0, 0.1) is 17.6 Å². The number of carbonyl (C=O) groups is 1. The molecule has 23 heavy (non-hydrogen) atoms. The molecule has 1 saturated carbocycles. The van der Waals surface area contributed by atoms with Gasteiger partial charge in [-0.2, -0.15) is 13.2 Å². The number of aliphatic hydroxyl groups is 1. The predicted molar refractivity (Wildman–Crippen MR) is 70.4 cm³/mol. The summed E-state index contributed by atoms with van der Waals surface area (Å²) in [6, 6.07) is -1.83. The summed E-state index contributed by atoms with van der Waals surface area (Å²) in [5.41, 5.74) is -1.28. The number of aliphatic hydroxyl groups excluding tert-OH is 1. The molecule has 2 rings (SSSR count). The van der Waals surface area contributed by atoms with E-state index < -0.39 is 41.6 Å². The molecule has 0 spiro atoms. The Labute approximate surface area is 128 Å². The maximum atomic E-state index is 13.6. The molecule has 1 aliphatic carbocycles. The lowest BCUT2D eigenvalue weighted by atomic mass is 10.1. The lowest BCUT2D eigenvalue weighted by Crippen LogP contribution is -2.46. The van der Waals surface area contributed by atoms with E-state index in [4.69, 9.17) is 0 Å². The predicted octanol–water partition coefficient (Wildman–Crippen LogP) is 2.64. The monoisotopic (exact) mass is 338 g/mol. The average Bonchev–Trinajstić information content (AvgIpc) is 3.27. The van der Waals surface area contributed by atoms with Crippen molar-refractivity contribution in [2.45, 2.75) is 31.2 Å². The quantitative estimate of drug-likeness (QED) is 0.723. The molecule has 0 saturated heterocycles. The van der Waals surface area contributed by atoms with Gasteiger partial charge in [-0.1, -0.05) is 6.07 Å². The van der Waals surface area contributed by atoms with Crippen LogP contribution in [0.1, 0.15) is 24.4 Å². The van der Waals surface area contributed by atoms with Gasteiger partial charge in [0.1, 0.15) is 11.6 Å². The number of alkyl halides is 3. The van der Waals surface area contributed by atoms with Gasteiger partial charge in [-0.15, -0.1) is 0 Å². The molecular weight excluding hydrogens is 323 g/mol. The number of halogens is 5. The van der Waals surface area contributed by atoms with Crippen molar-refractivity contribution in [3.8, 4) is 0 Å². The fourth-order valence-corrected chi connectivity index (χ4v) is 2.13. The van der Waals surface area contributed by atoms with Crippen molar-refractivity contribution in [3.05, 3.63) is 35.4 Å². The van der Waals surface area contributed by atoms with Crippen molar-refractivity contribution in [3.63, 3.8) is 0 Å². The van der Waals surface area contributed by atoms with Crippen LogP contribution in [0.2, 0.25) is 0 Å². The minimum atomic E-state index is -5.09. The first-order chi connectivity index (χ1) is 10.7. The molecule has 0 heterocycles. The van der Waals surface area contributed by atoms with Gasteiger partial charge in [-0.25, -0.2) is 13.6 Å². The van der Waals surface area contributed by atoms with Gasteiger partial charge in [-0.3, -0.25) is 0 Å². The van der Waals surface area contributed by atoms with Gasteiger partial charge in [0.2, 0.25) is 0 Å². The molecule has 2 amide bonds. The highest BCUT2D eigenvalue weighted by Gasteiger charge is 2.45. The summed E-state index contributed by atoms with van der Waals surface area (Å²) in [6.07, 6.45) is -4.36. The molecule has 4 nitrogen and oxygen atoms in total. The summed E-state index contributed by atoms with van der Waals surface area (Å²) in [5.74, 6) is -2.80. The first-order valence-corrected chi connectivity index (χ1v) is 6.93. The molecule has 9 heteroatoms. The van der Waals surface area contributed by atoms with Gasteiger partial charge >= 0.3 is 12.2 Å². The van der Waals surface area contributed by atoms with Crippen molar-refractivity contribution in [2.24, 2.45) is 5.92 Å². The number of carbonyl (C=O) groups excluding carboxylic acids is 1. The number of benzene rings is 1. The van der Waals surface area contributed by atoms with Crippen molar-refractivity contribution in [2.75, 3.05) is 6.54 Å². The van der Waals surface area contributed by atoms with E-state index in [0.29, 0.717) is 12.1 Å². The Bertz CT molecular complexity index is 555. The van der Waals surface area contributed by atoms with Gasteiger partial charge in [0.05, 0.1) is 11.7 Å². The summed E-state index contributed by atoms with van der Waals surface area (Å²) in [7, 11) is 0. The van der Waals surface area contributed by atoms with E-state index in [1.165, 1.54) is 5.32 Å². The number of amides is 2. The number of urea groups is 1. The molecule has 0 radical (unpaired) electrons. The van der Waals surface area contributed by atoms with Gasteiger partial charge in [-0.05, 0) is 30.9 Å². The van der Waals surface area contributed by atoms with Gasteiger partial charge in [0.15, 0.2) is 6.04 Å². The molecule has 1 aromatic carbocycles. The molecule has 2 atom stereocenters. The van der Waals surface area contributed by atoms with E-state index in [1.54, 1.807) is 0 Å². The lowest BCUT2D eigenvalue weighted by molar-refractivity contribution is -0.156.